The lowest BCUT2D eigenvalue weighted by Gasteiger charge is -2.19. The first-order valence-electron chi connectivity index (χ1n) is 6.26. The highest BCUT2D eigenvalue weighted by atomic mass is 16.5. The molecule has 0 unspecified atom stereocenters. The van der Waals surface area contributed by atoms with Crippen LogP contribution < -0.4 is 0 Å². The highest BCUT2D eigenvalue weighted by Crippen LogP contribution is 2.22. The number of hydrogen-bond donors (Lipinski definition) is 1. The Morgan fingerprint density at radius 2 is 1.74 bits per heavy atom. The number of carbonyl (C=O) groups is 2. The van der Waals surface area contributed by atoms with Crippen molar-refractivity contribution in [3.8, 4) is 0 Å². The Hall–Kier alpha value is -1.84. The zero-order valence-electron chi connectivity index (χ0n) is 11.6. The van der Waals surface area contributed by atoms with E-state index in [0.717, 1.165) is 5.56 Å². The van der Waals surface area contributed by atoms with Gasteiger partial charge in [-0.1, -0.05) is 45.0 Å². The number of carbonyl (C=O) groups excluding carboxylic acids is 1. The van der Waals surface area contributed by atoms with Crippen molar-refractivity contribution in [2.75, 3.05) is 6.61 Å². The predicted molar refractivity (Wildman–Crippen MR) is 72.1 cm³/mol. The second-order valence-corrected chi connectivity index (χ2v) is 5.49. The van der Waals surface area contributed by atoms with E-state index in [2.05, 4.69) is 20.8 Å². The van der Waals surface area contributed by atoms with Crippen LogP contribution in [0.4, 0.5) is 0 Å². The fourth-order valence-corrected chi connectivity index (χ4v) is 1.59. The molecule has 0 atom stereocenters. The molecule has 0 fully saturated rings. The molecule has 0 heterocycles. The second-order valence-electron chi connectivity index (χ2n) is 5.49. The van der Waals surface area contributed by atoms with Gasteiger partial charge in [0.15, 0.2) is 0 Å². The van der Waals surface area contributed by atoms with E-state index in [0.29, 0.717) is 0 Å². The Balaban J connectivity index is 2.49. The summed E-state index contributed by atoms with van der Waals surface area (Å²) in [5.74, 6) is -1.37. The van der Waals surface area contributed by atoms with E-state index in [1.165, 1.54) is 5.56 Å². The molecule has 0 amide bonds. The quantitative estimate of drug-likeness (QED) is 0.830. The van der Waals surface area contributed by atoms with Gasteiger partial charge in [0, 0.05) is 0 Å². The third-order valence-corrected chi connectivity index (χ3v) is 2.75. The number of esters is 1. The fourth-order valence-electron chi connectivity index (χ4n) is 1.59. The lowest BCUT2D eigenvalue weighted by atomic mass is 9.86. The number of rotatable bonds is 5. The van der Waals surface area contributed by atoms with Crippen LogP contribution in [0.25, 0.3) is 0 Å². The van der Waals surface area contributed by atoms with Gasteiger partial charge < -0.3 is 9.84 Å². The zero-order valence-corrected chi connectivity index (χ0v) is 11.6. The maximum Gasteiger partial charge on any atom is 0.310 e. The molecule has 0 aliphatic heterocycles. The van der Waals surface area contributed by atoms with Crippen molar-refractivity contribution in [2.24, 2.45) is 0 Å². The minimum Gasteiger partial charge on any atom is -0.481 e. The Bertz CT molecular complexity index is 440. The van der Waals surface area contributed by atoms with Gasteiger partial charge >= 0.3 is 11.9 Å². The van der Waals surface area contributed by atoms with Crippen LogP contribution in [0.3, 0.4) is 0 Å². The number of hydrogen-bond acceptors (Lipinski definition) is 3. The Morgan fingerprint density at radius 3 is 2.21 bits per heavy atom. The first kappa shape index (κ1) is 15.2. The third kappa shape index (κ3) is 5.55. The van der Waals surface area contributed by atoms with Gasteiger partial charge in [-0.2, -0.15) is 0 Å². The van der Waals surface area contributed by atoms with E-state index >= 15 is 0 Å². The molecule has 0 saturated heterocycles. The SMILES string of the molecule is CC(C)(C)c1ccc(CC(=O)OCCC(=O)O)cc1. The molecule has 0 radical (unpaired) electrons. The molecule has 4 nitrogen and oxygen atoms in total. The van der Waals surface area contributed by atoms with Crippen molar-refractivity contribution >= 4 is 11.9 Å². The standard InChI is InChI=1S/C15H20O4/c1-15(2,3)12-6-4-11(5-7-12)10-14(18)19-9-8-13(16)17/h4-7H,8-10H2,1-3H3,(H,16,17). The van der Waals surface area contributed by atoms with E-state index in [1.54, 1.807) is 0 Å². The van der Waals surface area contributed by atoms with Crippen molar-refractivity contribution in [1.82, 2.24) is 0 Å². The summed E-state index contributed by atoms with van der Waals surface area (Å²) < 4.78 is 4.83. The Morgan fingerprint density at radius 1 is 1.16 bits per heavy atom. The molecule has 19 heavy (non-hydrogen) atoms. The van der Waals surface area contributed by atoms with Gasteiger partial charge in [0.2, 0.25) is 0 Å². The monoisotopic (exact) mass is 264 g/mol. The lowest BCUT2D eigenvalue weighted by molar-refractivity contribution is -0.145. The van der Waals surface area contributed by atoms with Crippen LogP contribution in [0.15, 0.2) is 24.3 Å². The normalized spacial score (nSPS) is 11.1. The van der Waals surface area contributed by atoms with Crippen LogP contribution in [0.5, 0.6) is 0 Å². The van der Waals surface area contributed by atoms with Crippen molar-refractivity contribution in [3.05, 3.63) is 35.4 Å². The van der Waals surface area contributed by atoms with Crippen molar-refractivity contribution < 1.29 is 19.4 Å². The highest BCUT2D eigenvalue weighted by molar-refractivity contribution is 5.73. The first-order valence-corrected chi connectivity index (χ1v) is 6.26. The molecule has 4 heteroatoms. The lowest BCUT2D eigenvalue weighted by Crippen LogP contribution is -2.13. The second kappa shape index (κ2) is 6.36. The number of benzene rings is 1. The average molecular weight is 264 g/mol. The maximum atomic E-state index is 11.5. The minimum absolute atomic E-state index is 0.0752. The van der Waals surface area contributed by atoms with Crippen LogP contribution in [-0.4, -0.2) is 23.7 Å². The van der Waals surface area contributed by atoms with Gasteiger partial charge in [-0.25, -0.2) is 0 Å². The van der Waals surface area contributed by atoms with Crippen LogP contribution in [-0.2, 0) is 26.2 Å². The van der Waals surface area contributed by atoms with E-state index in [9.17, 15) is 9.59 Å². The van der Waals surface area contributed by atoms with Crippen LogP contribution in [0.1, 0.15) is 38.3 Å². The molecular weight excluding hydrogens is 244 g/mol. The summed E-state index contributed by atoms with van der Waals surface area (Å²) in [5, 5.41) is 8.43. The molecule has 0 aromatic heterocycles. The molecule has 1 rings (SSSR count). The van der Waals surface area contributed by atoms with Gasteiger partial charge in [0.05, 0.1) is 12.8 Å². The maximum absolute atomic E-state index is 11.5. The molecule has 1 N–H and O–H groups in total. The summed E-state index contributed by atoms with van der Waals surface area (Å²) in [6.45, 7) is 6.31. The Labute approximate surface area is 113 Å². The topological polar surface area (TPSA) is 63.6 Å². The highest BCUT2D eigenvalue weighted by Gasteiger charge is 2.13. The van der Waals surface area contributed by atoms with Crippen molar-refractivity contribution in [3.63, 3.8) is 0 Å². The minimum atomic E-state index is -0.970. The smallest absolute Gasteiger partial charge is 0.310 e. The third-order valence-electron chi connectivity index (χ3n) is 2.75. The average Bonchev–Trinajstić information content (AvgIpc) is 2.27. The predicted octanol–water partition coefficient (Wildman–Crippen LogP) is 2.54. The molecule has 0 spiro atoms. The van der Waals surface area contributed by atoms with Crippen molar-refractivity contribution in [2.45, 2.75) is 39.0 Å². The fraction of sp³-hybridized carbons (Fsp3) is 0.467. The van der Waals surface area contributed by atoms with E-state index in [1.807, 2.05) is 24.3 Å². The number of carboxylic acids is 1. The van der Waals surface area contributed by atoms with Crippen LogP contribution in [0.2, 0.25) is 0 Å². The molecule has 0 bridgehead atoms. The van der Waals surface area contributed by atoms with Gasteiger partial charge in [-0.3, -0.25) is 9.59 Å². The summed E-state index contributed by atoms with van der Waals surface area (Å²) in [6.07, 6.45) is 0.0126. The number of carboxylic acid groups (broad SMARTS) is 1. The van der Waals surface area contributed by atoms with E-state index in [4.69, 9.17) is 9.84 Å². The molecule has 104 valence electrons. The summed E-state index contributed by atoms with van der Waals surface area (Å²) in [4.78, 5) is 21.7. The Kier molecular flexibility index (Phi) is 5.10. The number of aliphatic carboxylic acids is 1. The molecule has 0 aliphatic rings. The van der Waals surface area contributed by atoms with E-state index < -0.39 is 11.9 Å². The zero-order chi connectivity index (χ0) is 14.5. The summed E-state index contributed by atoms with van der Waals surface area (Å²) >= 11 is 0. The first-order chi connectivity index (χ1) is 8.79. The summed E-state index contributed by atoms with van der Waals surface area (Å²) in [7, 11) is 0. The van der Waals surface area contributed by atoms with Crippen LogP contribution >= 0.6 is 0 Å². The van der Waals surface area contributed by atoms with E-state index in [-0.39, 0.29) is 24.9 Å². The molecule has 0 saturated carbocycles. The molecule has 1 aromatic carbocycles. The summed E-state index contributed by atoms with van der Waals surface area (Å²) in [6, 6.07) is 7.80. The molecular formula is C15H20O4. The largest absolute Gasteiger partial charge is 0.481 e. The van der Waals surface area contributed by atoms with Gasteiger partial charge in [-0.05, 0) is 16.5 Å². The molecule has 1 aromatic rings. The van der Waals surface area contributed by atoms with Crippen molar-refractivity contribution in [1.29, 1.82) is 0 Å². The van der Waals surface area contributed by atoms with Crippen LogP contribution in [0, 0.1) is 0 Å². The van der Waals surface area contributed by atoms with Gasteiger partial charge in [0.25, 0.3) is 0 Å². The molecule has 0 aliphatic carbocycles. The number of ether oxygens (including phenoxy) is 1. The van der Waals surface area contributed by atoms with Gasteiger partial charge in [-0.15, -0.1) is 0 Å². The van der Waals surface area contributed by atoms with Gasteiger partial charge in [0.1, 0.15) is 6.61 Å². The summed E-state index contributed by atoms with van der Waals surface area (Å²) in [5.41, 5.74) is 2.16.